The summed E-state index contributed by atoms with van der Waals surface area (Å²) in [5, 5.41) is 6.50. The molecule has 0 fully saturated rings. The van der Waals surface area contributed by atoms with Gasteiger partial charge in [-0.1, -0.05) is 0 Å². The van der Waals surface area contributed by atoms with Crippen molar-refractivity contribution in [2.45, 2.75) is 11.5 Å². The van der Waals surface area contributed by atoms with E-state index in [9.17, 15) is 8.42 Å². The first-order chi connectivity index (χ1) is 10.0. The van der Waals surface area contributed by atoms with Crippen molar-refractivity contribution in [3.63, 3.8) is 0 Å². The summed E-state index contributed by atoms with van der Waals surface area (Å²) in [4.78, 5) is 4.35. The van der Waals surface area contributed by atoms with Gasteiger partial charge >= 0.3 is 0 Å². The van der Waals surface area contributed by atoms with Crippen LogP contribution < -0.4 is 0 Å². The van der Waals surface area contributed by atoms with Crippen molar-refractivity contribution < 1.29 is 12.8 Å². The Labute approximate surface area is 126 Å². The molecule has 0 aliphatic carbocycles. The zero-order valence-electron chi connectivity index (χ0n) is 11.3. The number of aryl methyl sites for hydroxylation is 1. The molecule has 0 aliphatic rings. The van der Waals surface area contributed by atoms with Crippen molar-refractivity contribution in [1.29, 1.82) is 0 Å². The maximum absolute atomic E-state index is 12.2. The van der Waals surface area contributed by atoms with Gasteiger partial charge in [-0.25, -0.2) is 13.4 Å². The molecule has 0 bridgehead atoms. The van der Waals surface area contributed by atoms with E-state index >= 15 is 0 Å². The third-order valence-electron chi connectivity index (χ3n) is 2.98. The lowest BCUT2D eigenvalue weighted by Crippen LogP contribution is -2.11. The summed E-state index contributed by atoms with van der Waals surface area (Å²) < 4.78 is 31.0. The van der Waals surface area contributed by atoms with Crippen LogP contribution in [0.25, 0.3) is 10.6 Å². The molecule has 3 rings (SSSR count). The van der Waals surface area contributed by atoms with Gasteiger partial charge in [0.05, 0.1) is 29.2 Å². The average Bonchev–Trinajstić information content (AvgIpc) is 3.11. The molecule has 6 nitrogen and oxygen atoms in total. The number of hydrogen-bond donors (Lipinski definition) is 0. The minimum Gasteiger partial charge on any atom is -0.472 e. The molecule has 0 aliphatic heterocycles. The lowest BCUT2D eigenvalue weighted by molar-refractivity contribution is 0.568. The highest BCUT2D eigenvalue weighted by molar-refractivity contribution is 7.89. The molecular weight excluding hydrogens is 310 g/mol. The highest BCUT2D eigenvalue weighted by Gasteiger charge is 2.17. The zero-order chi connectivity index (χ0) is 14.9. The van der Waals surface area contributed by atoms with E-state index in [2.05, 4.69) is 10.1 Å². The molecule has 0 aromatic carbocycles. The second-order valence-electron chi connectivity index (χ2n) is 4.63. The largest absolute Gasteiger partial charge is 0.472 e. The van der Waals surface area contributed by atoms with Gasteiger partial charge < -0.3 is 4.42 Å². The number of sulfone groups is 1. The van der Waals surface area contributed by atoms with Crippen LogP contribution in [0.3, 0.4) is 0 Å². The van der Waals surface area contributed by atoms with Crippen LogP contribution in [0, 0.1) is 0 Å². The molecule has 0 amide bonds. The molecular formula is C13H13N3O3S2. The fraction of sp³-hybridized carbons (Fsp3) is 0.231. The summed E-state index contributed by atoms with van der Waals surface area (Å²) in [7, 11) is -1.55. The summed E-state index contributed by atoms with van der Waals surface area (Å²) in [6.07, 6.45) is 4.74. The maximum Gasteiger partial charge on any atom is 0.161 e. The van der Waals surface area contributed by atoms with Gasteiger partial charge in [-0.3, -0.25) is 4.68 Å². The van der Waals surface area contributed by atoms with Gasteiger partial charge in [0.25, 0.3) is 0 Å². The van der Waals surface area contributed by atoms with Crippen molar-refractivity contribution in [3.05, 3.63) is 47.6 Å². The van der Waals surface area contributed by atoms with E-state index in [4.69, 9.17) is 4.42 Å². The SMILES string of the molecule is Cn1nccc1CS(=O)(=O)Cc1csc(-c2ccoc2)n1. The highest BCUT2D eigenvalue weighted by atomic mass is 32.2. The third-order valence-corrected chi connectivity index (χ3v) is 5.39. The minimum atomic E-state index is -3.28. The van der Waals surface area contributed by atoms with E-state index < -0.39 is 9.84 Å². The van der Waals surface area contributed by atoms with Crippen molar-refractivity contribution in [2.75, 3.05) is 0 Å². The quantitative estimate of drug-likeness (QED) is 0.719. The number of aromatic nitrogens is 3. The summed E-state index contributed by atoms with van der Waals surface area (Å²) >= 11 is 1.41. The average molecular weight is 323 g/mol. The molecule has 3 heterocycles. The molecule has 0 spiro atoms. The zero-order valence-corrected chi connectivity index (χ0v) is 12.9. The van der Waals surface area contributed by atoms with Crippen LogP contribution in [0.15, 0.2) is 40.7 Å². The molecule has 110 valence electrons. The third kappa shape index (κ3) is 3.22. The Bertz CT molecular complexity index is 832. The Morgan fingerprint density at radius 3 is 2.86 bits per heavy atom. The van der Waals surface area contributed by atoms with Crippen LogP contribution >= 0.6 is 11.3 Å². The Morgan fingerprint density at radius 1 is 1.33 bits per heavy atom. The summed E-state index contributed by atoms with van der Waals surface area (Å²) in [5.41, 5.74) is 2.08. The summed E-state index contributed by atoms with van der Waals surface area (Å²) in [6, 6.07) is 3.50. The van der Waals surface area contributed by atoms with Gasteiger partial charge in [0.2, 0.25) is 0 Å². The summed E-state index contributed by atoms with van der Waals surface area (Å²) in [6.45, 7) is 0. The molecule has 0 radical (unpaired) electrons. The van der Waals surface area contributed by atoms with Crippen LogP contribution in [0.5, 0.6) is 0 Å². The fourth-order valence-electron chi connectivity index (χ4n) is 1.94. The van der Waals surface area contributed by atoms with Crippen LogP contribution in [-0.4, -0.2) is 23.2 Å². The normalized spacial score (nSPS) is 11.9. The molecule has 0 saturated carbocycles. The molecule has 3 aromatic rings. The first kappa shape index (κ1) is 14.0. The standard InChI is InChI=1S/C13H13N3O3S2/c1-16-12(2-4-14-16)9-21(17,18)8-11-7-20-13(15-11)10-3-5-19-6-10/h2-7H,8-9H2,1H3. The number of rotatable bonds is 5. The molecule has 21 heavy (non-hydrogen) atoms. The predicted octanol–water partition coefficient (Wildman–Crippen LogP) is 2.25. The lowest BCUT2D eigenvalue weighted by atomic mass is 10.4. The monoisotopic (exact) mass is 323 g/mol. The van der Waals surface area contributed by atoms with Crippen molar-refractivity contribution >= 4 is 21.2 Å². The van der Waals surface area contributed by atoms with Crippen molar-refractivity contribution in [1.82, 2.24) is 14.8 Å². The van der Waals surface area contributed by atoms with Gasteiger partial charge in [0.1, 0.15) is 11.3 Å². The van der Waals surface area contributed by atoms with Gasteiger partial charge in [0.15, 0.2) is 9.84 Å². The first-order valence-electron chi connectivity index (χ1n) is 6.18. The molecule has 3 aromatic heterocycles. The van der Waals surface area contributed by atoms with E-state index in [0.29, 0.717) is 11.4 Å². The van der Waals surface area contributed by atoms with Gasteiger partial charge in [-0.2, -0.15) is 5.10 Å². The van der Waals surface area contributed by atoms with Gasteiger partial charge in [-0.05, 0) is 12.1 Å². The maximum atomic E-state index is 12.2. The second kappa shape index (κ2) is 5.45. The second-order valence-corrected chi connectivity index (χ2v) is 7.56. The first-order valence-corrected chi connectivity index (χ1v) is 8.88. The smallest absolute Gasteiger partial charge is 0.161 e. The Kier molecular flexibility index (Phi) is 3.64. The van der Waals surface area contributed by atoms with Crippen LogP contribution in [0.4, 0.5) is 0 Å². The Morgan fingerprint density at radius 2 is 2.19 bits per heavy atom. The van der Waals surface area contributed by atoms with E-state index in [1.165, 1.54) is 11.3 Å². The van der Waals surface area contributed by atoms with E-state index in [-0.39, 0.29) is 11.5 Å². The molecule has 8 heteroatoms. The molecule has 0 atom stereocenters. The molecule has 0 unspecified atom stereocenters. The summed E-state index contributed by atoms with van der Waals surface area (Å²) in [5.74, 6) is -0.116. The Balaban J connectivity index is 1.75. The van der Waals surface area contributed by atoms with Crippen molar-refractivity contribution in [2.24, 2.45) is 7.05 Å². The number of furan rings is 1. The molecule has 0 saturated heterocycles. The van der Waals surface area contributed by atoms with E-state index in [1.54, 1.807) is 48.0 Å². The van der Waals surface area contributed by atoms with E-state index in [1.807, 2.05) is 0 Å². The molecule has 0 N–H and O–H groups in total. The van der Waals surface area contributed by atoms with Crippen LogP contribution in [0.1, 0.15) is 11.4 Å². The fourth-order valence-corrected chi connectivity index (χ4v) is 4.28. The Hall–Kier alpha value is -1.93. The van der Waals surface area contributed by atoms with Crippen LogP contribution in [0.2, 0.25) is 0 Å². The number of nitrogens with zero attached hydrogens (tertiary/aromatic N) is 3. The highest BCUT2D eigenvalue weighted by Crippen LogP contribution is 2.25. The minimum absolute atomic E-state index is 0.0396. The number of hydrogen-bond acceptors (Lipinski definition) is 6. The van der Waals surface area contributed by atoms with Gasteiger partial charge in [0, 0.05) is 24.2 Å². The predicted molar refractivity (Wildman–Crippen MR) is 79.4 cm³/mol. The van der Waals surface area contributed by atoms with Crippen LogP contribution in [-0.2, 0) is 28.4 Å². The topological polar surface area (TPSA) is 78.0 Å². The van der Waals surface area contributed by atoms with E-state index in [0.717, 1.165) is 10.6 Å². The van der Waals surface area contributed by atoms with Gasteiger partial charge in [-0.15, -0.1) is 11.3 Å². The van der Waals surface area contributed by atoms with Crippen molar-refractivity contribution in [3.8, 4) is 10.6 Å². The number of thiazole rings is 1. The lowest BCUT2D eigenvalue weighted by Gasteiger charge is -2.03.